The fraction of sp³-hybridized carbons (Fsp3) is 0.375. The molecule has 0 radical (unpaired) electrons. The Morgan fingerprint density at radius 3 is 2.43 bits per heavy atom. The summed E-state index contributed by atoms with van der Waals surface area (Å²) < 4.78 is 0. The second kappa shape index (κ2) is 6.29. The molecule has 0 saturated carbocycles. The predicted molar refractivity (Wildman–Crippen MR) is 90.2 cm³/mol. The Hall–Kier alpha value is -1.18. The number of aliphatic imine (C=N–C) groups is 1. The first-order valence-corrected chi connectivity index (χ1v) is 9.43. The Labute approximate surface area is 131 Å². The van der Waals surface area contributed by atoms with Crippen molar-refractivity contribution in [2.75, 3.05) is 13.3 Å². The van der Waals surface area contributed by atoms with E-state index in [-0.39, 0.29) is 11.6 Å². The monoisotopic (exact) mass is 323 g/mol. The van der Waals surface area contributed by atoms with Gasteiger partial charge in [-0.25, -0.2) is 4.79 Å². The predicted octanol–water partition coefficient (Wildman–Crippen LogP) is 4.37. The molecule has 1 heterocycles. The summed E-state index contributed by atoms with van der Waals surface area (Å²) in [6, 6.07) is 7.51. The van der Waals surface area contributed by atoms with Gasteiger partial charge in [-0.2, -0.15) is 0 Å². The molecule has 0 aromatic heterocycles. The van der Waals surface area contributed by atoms with Gasteiger partial charge in [0, 0.05) is 28.0 Å². The minimum Gasteiger partial charge on any atom is -0.478 e. The molecule has 3 nitrogen and oxygen atoms in total. The van der Waals surface area contributed by atoms with Crippen molar-refractivity contribution in [2.24, 2.45) is 4.99 Å². The smallest absolute Gasteiger partial charge is 0.334 e. The van der Waals surface area contributed by atoms with Gasteiger partial charge in [0.2, 0.25) is 0 Å². The number of hydrogen-bond acceptors (Lipinski definition) is 2. The maximum Gasteiger partial charge on any atom is 0.334 e. The largest absolute Gasteiger partial charge is 0.478 e. The molecule has 21 heavy (non-hydrogen) atoms. The molecule has 0 amide bonds. The summed E-state index contributed by atoms with van der Waals surface area (Å²) in [6.45, 7) is 8.06. The normalized spacial score (nSPS) is 22.5. The minimum atomic E-state index is -0.907. The Morgan fingerprint density at radius 1 is 1.29 bits per heavy atom. The van der Waals surface area contributed by atoms with E-state index in [1.165, 1.54) is 0 Å². The topological polar surface area (TPSA) is 49.7 Å². The van der Waals surface area contributed by atoms with E-state index in [1.54, 1.807) is 6.92 Å². The van der Waals surface area contributed by atoms with E-state index in [4.69, 9.17) is 11.6 Å². The van der Waals surface area contributed by atoms with Crippen molar-refractivity contribution >= 4 is 31.2 Å². The number of carboxylic acid groups (broad SMARTS) is 1. The van der Waals surface area contributed by atoms with Gasteiger partial charge in [-0.05, 0) is 38.8 Å². The van der Waals surface area contributed by atoms with Gasteiger partial charge in [-0.1, -0.05) is 29.8 Å². The van der Waals surface area contributed by atoms with Crippen LogP contribution in [0.5, 0.6) is 0 Å². The van der Waals surface area contributed by atoms with Gasteiger partial charge in [-0.3, -0.25) is 4.99 Å². The van der Waals surface area contributed by atoms with E-state index in [0.717, 1.165) is 11.3 Å². The first-order chi connectivity index (χ1) is 9.84. The van der Waals surface area contributed by atoms with Crippen LogP contribution in [-0.2, 0) is 4.79 Å². The van der Waals surface area contributed by atoms with Crippen molar-refractivity contribution in [1.29, 1.82) is 0 Å². The molecule has 5 heteroatoms. The quantitative estimate of drug-likeness (QED) is 0.840. The average molecular weight is 324 g/mol. The third-order valence-corrected chi connectivity index (χ3v) is 5.94. The van der Waals surface area contributed by atoms with E-state index < -0.39 is 13.9 Å². The lowest BCUT2D eigenvalue weighted by Gasteiger charge is -2.35. The SMILES string of the molecule is CC1=NC(C)=C(C(=O)O)C(c2ccccc2Cl)C1P(C)C. The molecule has 0 saturated heterocycles. The summed E-state index contributed by atoms with van der Waals surface area (Å²) in [4.78, 5) is 16.3. The van der Waals surface area contributed by atoms with Crippen LogP contribution in [0.15, 0.2) is 40.5 Å². The van der Waals surface area contributed by atoms with Crippen LogP contribution >= 0.6 is 19.5 Å². The molecule has 1 aliphatic heterocycles. The molecule has 112 valence electrons. The molecule has 0 aliphatic carbocycles. The Bertz CT molecular complexity index is 637. The number of hydrogen-bond donors (Lipinski definition) is 1. The van der Waals surface area contributed by atoms with Crippen LogP contribution in [0.25, 0.3) is 0 Å². The molecule has 2 atom stereocenters. The van der Waals surface area contributed by atoms with Crippen molar-refractivity contribution in [1.82, 2.24) is 0 Å². The first-order valence-electron chi connectivity index (χ1n) is 6.74. The maximum atomic E-state index is 11.8. The summed E-state index contributed by atoms with van der Waals surface area (Å²) in [5.74, 6) is -1.13. The molecule has 0 fully saturated rings. The van der Waals surface area contributed by atoms with Gasteiger partial charge in [0.1, 0.15) is 0 Å². The fourth-order valence-corrected chi connectivity index (χ4v) is 4.99. The Balaban J connectivity index is 2.69. The highest BCUT2D eigenvalue weighted by Gasteiger charge is 2.39. The van der Waals surface area contributed by atoms with Crippen LogP contribution in [-0.4, -0.2) is 35.8 Å². The number of aliphatic carboxylic acids is 1. The van der Waals surface area contributed by atoms with Gasteiger partial charge in [-0.15, -0.1) is 7.92 Å². The van der Waals surface area contributed by atoms with Crippen LogP contribution in [0.3, 0.4) is 0 Å². The van der Waals surface area contributed by atoms with Crippen molar-refractivity contribution in [3.05, 3.63) is 46.1 Å². The molecule has 1 aromatic rings. The van der Waals surface area contributed by atoms with Gasteiger partial charge >= 0.3 is 5.97 Å². The highest BCUT2D eigenvalue weighted by molar-refractivity contribution is 7.58. The molecule has 2 unspecified atom stereocenters. The second-order valence-corrected chi connectivity index (χ2v) is 8.36. The van der Waals surface area contributed by atoms with Crippen molar-refractivity contribution in [3.8, 4) is 0 Å². The maximum absolute atomic E-state index is 11.8. The molecular weight excluding hydrogens is 305 g/mol. The van der Waals surface area contributed by atoms with Crippen LogP contribution in [0.1, 0.15) is 25.3 Å². The van der Waals surface area contributed by atoms with Crippen molar-refractivity contribution in [2.45, 2.75) is 25.4 Å². The van der Waals surface area contributed by atoms with Crippen LogP contribution in [0.4, 0.5) is 0 Å². The molecule has 0 spiro atoms. The number of carbonyl (C=O) groups is 1. The number of halogens is 1. The summed E-state index contributed by atoms with van der Waals surface area (Å²) in [5.41, 5.74) is 2.94. The molecule has 1 N–H and O–H groups in total. The number of carboxylic acids is 1. The Morgan fingerprint density at radius 2 is 1.90 bits per heavy atom. The van der Waals surface area contributed by atoms with Crippen molar-refractivity contribution in [3.63, 3.8) is 0 Å². The first kappa shape index (κ1) is 16.2. The highest BCUT2D eigenvalue weighted by atomic mass is 35.5. The molecular formula is C16H19ClNO2P. The van der Waals surface area contributed by atoms with Crippen molar-refractivity contribution < 1.29 is 9.90 Å². The number of rotatable bonds is 3. The lowest BCUT2D eigenvalue weighted by atomic mass is 9.83. The number of benzene rings is 1. The fourth-order valence-electron chi connectivity index (χ4n) is 3.03. The summed E-state index contributed by atoms with van der Waals surface area (Å²) in [7, 11) is -0.391. The molecule has 1 aliphatic rings. The molecule has 1 aromatic carbocycles. The third kappa shape index (κ3) is 3.04. The minimum absolute atomic E-state index is 0.106. The van der Waals surface area contributed by atoms with Crippen LogP contribution in [0.2, 0.25) is 5.02 Å². The zero-order valence-corrected chi connectivity index (χ0v) is 14.2. The van der Waals surface area contributed by atoms with E-state index in [9.17, 15) is 9.90 Å². The number of allylic oxidation sites excluding steroid dienone is 1. The Kier molecular flexibility index (Phi) is 4.85. The third-order valence-electron chi connectivity index (χ3n) is 3.82. The van der Waals surface area contributed by atoms with Gasteiger partial charge in [0.05, 0.1) is 5.57 Å². The summed E-state index contributed by atoms with van der Waals surface area (Å²) in [6.07, 6.45) is 0. The van der Waals surface area contributed by atoms with Gasteiger partial charge in [0.15, 0.2) is 0 Å². The zero-order valence-electron chi connectivity index (χ0n) is 12.6. The van der Waals surface area contributed by atoms with E-state index >= 15 is 0 Å². The van der Waals surface area contributed by atoms with Crippen LogP contribution < -0.4 is 0 Å². The molecule has 0 bridgehead atoms. The van der Waals surface area contributed by atoms with E-state index in [1.807, 2.05) is 31.2 Å². The highest BCUT2D eigenvalue weighted by Crippen LogP contribution is 2.49. The van der Waals surface area contributed by atoms with E-state index in [2.05, 4.69) is 18.3 Å². The van der Waals surface area contributed by atoms with Crippen LogP contribution in [0, 0.1) is 0 Å². The lowest BCUT2D eigenvalue weighted by molar-refractivity contribution is -0.133. The zero-order chi connectivity index (χ0) is 15.7. The standard InChI is InChI=1S/C16H19ClNO2P/c1-9-13(16(19)20)14(11-7-5-6-8-12(11)17)15(21(3)4)10(2)18-9/h5-8,14-15H,1-4H3,(H,19,20). The lowest BCUT2D eigenvalue weighted by Crippen LogP contribution is -2.32. The van der Waals surface area contributed by atoms with Gasteiger partial charge < -0.3 is 5.11 Å². The second-order valence-electron chi connectivity index (χ2n) is 5.47. The average Bonchev–Trinajstić information content (AvgIpc) is 2.37. The summed E-state index contributed by atoms with van der Waals surface area (Å²) in [5, 5.41) is 10.3. The summed E-state index contributed by atoms with van der Waals surface area (Å²) >= 11 is 6.34. The van der Waals surface area contributed by atoms with E-state index in [0.29, 0.717) is 16.3 Å². The number of nitrogens with zero attached hydrogens (tertiary/aromatic N) is 1. The molecule has 2 rings (SSSR count). The van der Waals surface area contributed by atoms with Gasteiger partial charge in [0.25, 0.3) is 0 Å².